The van der Waals surface area contributed by atoms with Gasteiger partial charge in [-0.1, -0.05) is 25.0 Å². The third-order valence-corrected chi connectivity index (χ3v) is 4.95. The van der Waals surface area contributed by atoms with Crippen molar-refractivity contribution in [1.29, 1.82) is 0 Å². The molecule has 2 aliphatic rings. The number of likely N-dealkylation sites (tertiary alicyclic amines) is 1. The summed E-state index contributed by atoms with van der Waals surface area (Å²) in [5, 5.41) is 8.80. The standard InChI is InChI=1S/C18H28N2O4/c19-17(22)15-9-7-11-20(15)16(21)10-6-4-2-1-3-5-8-13-12-14(13)18(23)24/h5,8,13-15H,1-4,6-7,9-12H2,(H2,19,22)(H,23,24)/b8-5-. The lowest BCUT2D eigenvalue weighted by atomic mass is 10.1. The molecule has 1 aliphatic carbocycles. The van der Waals surface area contributed by atoms with E-state index in [-0.39, 0.29) is 17.7 Å². The van der Waals surface area contributed by atoms with Gasteiger partial charge in [-0.3, -0.25) is 14.4 Å². The van der Waals surface area contributed by atoms with Crippen LogP contribution in [-0.2, 0) is 14.4 Å². The highest BCUT2D eigenvalue weighted by molar-refractivity contribution is 5.87. The van der Waals surface area contributed by atoms with Crippen LogP contribution in [0.15, 0.2) is 12.2 Å². The summed E-state index contributed by atoms with van der Waals surface area (Å²) in [5.74, 6) is -0.968. The van der Waals surface area contributed by atoms with E-state index < -0.39 is 17.9 Å². The van der Waals surface area contributed by atoms with E-state index in [0.717, 1.165) is 44.9 Å². The average Bonchev–Trinajstić information content (AvgIpc) is 3.14. The van der Waals surface area contributed by atoms with Gasteiger partial charge in [0.25, 0.3) is 0 Å². The van der Waals surface area contributed by atoms with Crippen LogP contribution in [0.25, 0.3) is 0 Å². The molecule has 3 N–H and O–H groups in total. The van der Waals surface area contributed by atoms with Crippen molar-refractivity contribution in [2.24, 2.45) is 17.6 Å². The third-order valence-electron chi connectivity index (χ3n) is 4.95. The first-order valence-electron chi connectivity index (χ1n) is 8.99. The number of carbonyl (C=O) groups excluding carboxylic acids is 2. The van der Waals surface area contributed by atoms with Gasteiger partial charge in [-0.2, -0.15) is 0 Å². The highest BCUT2D eigenvalue weighted by Crippen LogP contribution is 2.39. The molecule has 134 valence electrons. The Balaban J connectivity index is 1.49. The Labute approximate surface area is 143 Å². The number of unbranched alkanes of at least 4 members (excludes halogenated alkanes) is 4. The monoisotopic (exact) mass is 336 g/mol. The zero-order valence-corrected chi connectivity index (χ0v) is 14.2. The van der Waals surface area contributed by atoms with Gasteiger partial charge >= 0.3 is 5.97 Å². The lowest BCUT2D eigenvalue weighted by molar-refractivity contribution is -0.138. The van der Waals surface area contributed by atoms with Crippen LogP contribution in [-0.4, -0.2) is 40.4 Å². The fourth-order valence-corrected chi connectivity index (χ4v) is 3.38. The molecule has 0 spiro atoms. The molecule has 2 amide bonds. The molecule has 2 fully saturated rings. The van der Waals surface area contributed by atoms with Gasteiger partial charge in [-0.15, -0.1) is 0 Å². The average molecular weight is 336 g/mol. The van der Waals surface area contributed by atoms with Gasteiger partial charge < -0.3 is 15.7 Å². The quantitative estimate of drug-likeness (QED) is 0.471. The number of allylic oxidation sites excluding steroid dienone is 2. The normalized spacial score (nSPS) is 26.0. The topological polar surface area (TPSA) is 101 Å². The smallest absolute Gasteiger partial charge is 0.307 e. The Morgan fingerprint density at radius 2 is 1.92 bits per heavy atom. The van der Waals surface area contributed by atoms with E-state index in [1.165, 1.54) is 0 Å². The van der Waals surface area contributed by atoms with E-state index in [9.17, 15) is 14.4 Å². The molecule has 0 aromatic heterocycles. The van der Waals surface area contributed by atoms with Gasteiger partial charge in [-0.25, -0.2) is 0 Å². The fraction of sp³-hybridized carbons (Fsp3) is 0.722. The number of nitrogens with zero attached hydrogens (tertiary/aromatic N) is 1. The van der Waals surface area contributed by atoms with Crippen molar-refractivity contribution in [3.8, 4) is 0 Å². The number of rotatable bonds is 10. The van der Waals surface area contributed by atoms with Crippen molar-refractivity contribution in [1.82, 2.24) is 4.90 Å². The van der Waals surface area contributed by atoms with E-state index in [0.29, 0.717) is 19.4 Å². The van der Waals surface area contributed by atoms with Crippen molar-refractivity contribution >= 4 is 17.8 Å². The summed E-state index contributed by atoms with van der Waals surface area (Å²) in [6.45, 7) is 0.649. The molecule has 3 unspecified atom stereocenters. The molecule has 1 aliphatic heterocycles. The molecule has 0 aromatic rings. The maximum Gasteiger partial charge on any atom is 0.307 e. The van der Waals surface area contributed by atoms with E-state index in [1.54, 1.807) is 4.90 Å². The summed E-state index contributed by atoms with van der Waals surface area (Å²) in [7, 11) is 0. The van der Waals surface area contributed by atoms with Gasteiger partial charge in [-0.05, 0) is 44.4 Å². The van der Waals surface area contributed by atoms with Crippen molar-refractivity contribution in [2.45, 2.75) is 63.8 Å². The minimum Gasteiger partial charge on any atom is -0.481 e. The summed E-state index contributed by atoms with van der Waals surface area (Å²) in [6, 6.07) is -0.403. The Bertz CT molecular complexity index is 503. The maximum atomic E-state index is 12.1. The van der Waals surface area contributed by atoms with Crippen LogP contribution >= 0.6 is 0 Å². The molecular formula is C18H28N2O4. The molecule has 24 heavy (non-hydrogen) atoms. The first-order chi connectivity index (χ1) is 11.5. The van der Waals surface area contributed by atoms with Gasteiger partial charge in [0.05, 0.1) is 5.92 Å². The van der Waals surface area contributed by atoms with E-state index in [4.69, 9.17) is 10.8 Å². The van der Waals surface area contributed by atoms with E-state index >= 15 is 0 Å². The molecule has 0 radical (unpaired) electrons. The number of amides is 2. The summed E-state index contributed by atoms with van der Waals surface area (Å²) in [4.78, 5) is 35.7. The number of primary amides is 1. The number of hydrogen-bond donors (Lipinski definition) is 2. The third kappa shape index (κ3) is 5.35. The number of carboxylic acids is 1. The van der Waals surface area contributed by atoms with Crippen molar-refractivity contribution < 1.29 is 19.5 Å². The second-order valence-electron chi connectivity index (χ2n) is 6.87. The maximum absolute atomic E-state index is 12.1. The summed E-state index contributed by atoms with van der Waals surface area (Å²) >= 11 is 0. The van der Waals surface area contributed by atoms with Crippen LogP contribution < -0.4 is 5.73 Å². The number of carbonyl (C=O) groups is 3. The number of aliphatic carboxylic acids is 1. The first kappa shape index (κ1) is 18.5. The van der Waals surface area contributed by atoms with Gasteiger partial charge in [0.15, 0.2) is 0 Å². The number of hydrogen-bond acceptors (Lipinski definition) is 3. The molecule has 6 nitrogen and oxygen atoms in total. The summed E-state index contributed by atoms with van der Waals surface area (Å²) in [5.41, 5.74) is 5.33. The van der Waals surface area contributed by atoms with E-state index in [1.807, 2.05) is 6.08 Å². The lowest BCUT2D eigenvalue weighted by Crippen LogP contribution is -2.43. The zero-order valence-electron chi connectivity index (χ0n) is 14.2. The minimum absolute atomic E-state index is 0.0460. The Morgan fingerprint density at radius 1 is 1.17 bits per heavy atom. The van der Waals surface area contributed by atoms with Crippen LogP contribution in [0.2, 0.25) is 0 Å². The second-order valence-corrected chi connectivity index (χ2v) is 6.87. The SMILES string of the molecule is NC(=O)C1CCCN1C(=O)CCCCCC/C=C\C1CC1C(=O)O. The minimum atomic E-state index is -0.689. The van der Waals surface area contributed by atoms with Crippen molar-refractivity contribution in [3.63, 3.8) is 0 Å². The first-order valence-corrected chi connectivity index (χ1v) is 8.99. The molecule has 6 heteroatoms. The van der Waals surface area contributed by atoms with Crippen molar-refractivity contribution in [3.05, 3.63) is 12.2 Å². The fourth-order valence-electron chi connectivity index (χ4n) is 3.38. The van der Waals surface area contributed by atoms with Crippen LogP contribution in [0, 0.1) is 11.8 Å². The Morgan fingerprint density at radius 3 is 2.58 bits per heavy atom. The van der Waals surface area contributed by atoms with E-state index in [2.05, 4.69) is 6.08 Å². The molecule has 1 saturated heterocycles. The predicted molar refractivity (Wildman–Crippen MR) is 90.0 cm³/mol. The highest BCUT2D eigenvalue weighted by atomic mass is 16.4. The predicted octanol–water partition coefficient (Wildman–Crippen LogP) is 2.08. The van der Waals surface area contributed by atoms with Crippen LogP contribution in [0.1, 0.15) is 57.8 Å². The molecular weight excluding hydrogens is 308 g/mol. The number of carboxylic acid groups (broad SMARTS) is 1. The molecule has 2 rings (SSSR count). The molecule has 1 saturated carbocycles. The summed E-state index contributed by atoms with van der Waals surface area (Å²) in [6.07, 6.45) is 11.8. The van der Waals surface area contributed by atoms with Gasteiger partial charge in [0.2, 0.25) is 11.8 Å². The van der Waals surface area contributed by atoms with Crippen LogP contribution in [0.3, 0.4) is 0 Å². The molecule has 1 heterocycles. The number of nitrogens with two attached hydrogens (primary N) is 1. The molecule has 0 bridgehead atoms. The Kier molecular flexibility index (Phi) is 6.82. The lowest BCUT2D eigenvalue weighted by Gasteiger charge is -2.22. The van der Waals surface area contributed by atoms with Gasteiger partial charge in [0.1, 0.15) is 6.04 Å². The molecule has 3 atom stereocenters. The largest absolute Gasteiger partial charge is 0.481 e. The Hall–Kier alpha value is -1.85. The highest BCUT2D eigenvalue weighted by Gasteiger charge is 2.40. The van der Waals surface area contributed by atoms with Crippen molar-refractivity contribution in [2.75, 3.05) is 6.54 Å². The van der Waals surface area contributed by atoms with Crippen LogP contribution in [0.4, 0.5) is 0 Å². The summed E-state index contributed by atoms with van der Waals surface area (Å²) < 4.78 is 0. The second kappa shape index (κ2) is 8.85. The zero-order chi connectivity index (χ0) is 17.5. The van der Waals surface area contributed by atoms with Crippen LogP contribution in [0.5, 0.6) is 0 Å². The molecule has 0 aromatic carbocycles. The van der Waals surface area contributed by atoms with Gasteiger partial charge in [0, 0.05) is 13.0 Å².